The van der Waals surface area contributed by atoms with E-state index in [1.165, 1.54) is 29.0 Å². The first-order valence-electron chi connectivity index (χ1n) is 5.99. The summed E-state index contributed by atoms with van der Waals surface area (Å²) in [6.45, 7) is 8.96. The van der Waals surface area contributed by atoms with Gasteiger partial charge in [0.05, 0.1) is 0 Å². The maximum absolute atomic E-state index is 3.71. The molecule has 2 heteroatoms. The van der Waals surface area contributed by atoms with Gasteiger partial charge in [-0.25, -0.2) is 0 Å². The number of nitrogens with one attached hydrogen (secondary N) is 1. The van der Waals surface area contributed by atoms with Crippen LogP contribution in [0, 0.1) is 6.92 Å². The minimum absolute atomic E-state index is 0.500. The molecule has 0 aliphatic heterocycles. The second-order valence-electron chi connectivity index (χ2n) is 4.23. The van der Waals surface area contributed by atoms with Gasteiger partial charge in [0.25, 0.3) is 0 Å². The molecule has 0 saturated heterocycles. The van der Waals surface area contributed by atoms with Crippen LogP contribution in [0.2, 0.25) is 0 Å². The Hall–Kier alpha value is -0.340. The first-order chi connectivity index (χ1) is 7.17. The van der Waals surface area contributed by atoms with Crippen molar-refractivity contribution in [2.24, 2.45) is 0 Å². The molecule has 1 heterocycles. The molecule has 0 bridgehead atoms. The lowest BCUT2D eigenvalue weighted by atomic mass is 10.1. The quantitative estimate of drug-likeness (QED) is 0.761. The number of rotatable bonds is 6. The summed E-state index contributed by atoms with van der Waals surface area (Å²) < 4.78 is 0. The lowest BCUT2D eigenvalue weighted by molar-refractivity contribution is 0.420. The van der Waals surface area contributed by atoms with Crippen LogP contribution >= 0.6 is 11.3 Å². The highest BCUT2D eigenvalue weighted by atomic mass is 32.1. The van der Waals surface area contributed by atoms with E-state index >= 15 is 0 Å². The molecule has 1 nitrogen and oxygen atoms in total. The molecule has 0 aliphatic rings. The molecule has 1 rings (SSSR count). The first-order valence-corrected chi connectivity index (χ1v) is 6.81. The van der Waals surface area contributed by atoms with Gasteiger partial charge >= 0.3 is 0 Å². The summed E-state index contributed by atoms with van der Waals surface area (Å²) in [7, 11) is 0. The van der Waals surface area contributed by atoms with E-state index in [1.54, 1.807) is 0 Å². The van der Waals surface area contributed by atoms with Gasteiger partial charge in [-0.05, 0) is 38.8 Å². The minimum atomic E-state index is 0.500. The SMILES string of the molecule is CCCC(CC)NC(C)c1ccc(C)s1. The third-order valence-electron chi connectivity index (χ3n) is 2.80. The maximum atomic E-state index is 3.71. The molecule has 2 unspecified atom stereocenters. The van der Waals surface area contributed by atoms with Crippen molar-refractivity contribution >= 4 is 11.3 Å². The standard InChI is InChI=1S/C13H23NS/c1-5-7-12(6-2)14-11(4)13-9-8-10(3)15-13/h8-9,11-12,14H,5-7H2,1-4H3. The normalized spacial score (nSPS) is 15.2. The lowest BCUT2D eigenvalue weighted by Crippen LogP contribution is -2.30. The number of thiophene rings is 1. The number of hydrogen-bond donors (Lipinski definition) is 1. The molecule has 1 N–H and O–H groups in total. The van der Waals surface area contributed by atoms with Crippen molar-refractivity contribution in [3.8, 4) is 0 Å². The van der Waals surface area contributed by atoms with E-state index in [0.717, 1.165) is 0 Å². The molecule has 1 aromatic rings. The van der Waals surface area contributed by atoms with Gasteiger partial charge in [-0.15, -0.1) is 11.3 Å². The third kappa shape index (κ3) is 3.96. The van der Waals surface area contributed by atoms with Gasteiger partial charge in [-0.2, -0.15) is 0 Å². The summed E-state index contributed by atoms with van der Waals surface area (Å²) in [5, 5.41) is 3.71. The topological polar surface area (TPSA) is 12.0 Å². The van der Waals surface area contributed by atoms with E-state index in [-0.39, 0.29) is 0 Å². The van der Waals surface area contributed by atoms with E-state index in [4.69, 9.17) is 0 Å². The van der Waals surface area contributed by atoms with Gasteiger partial charge in [-0.3, -0.25) is 0 Å². The molecular weight excluding hydrogens is 202 g/mol. The Kier molecular flexibility index (Phi) is 5.34. The molecule has 0 aliphatic carbocycles. The number of hydrogen-bond acceptors (Lipinski definition) is 2. The summed E-state index contributed by atoms with van der Waals surface area (Å²) in [6, 6.07) is 5.63. The Balaban J connectivity index is 2.50. The fourth-order valence-electron chi connectivity index (χ4n) is 1.88. The van der Waals surface area contributed by atoms with Crippen LogP contribution in [-0.4, -0.2) is 6.04 Å². The van der Waals surface area contributed by atoms with Crippen molar-refractivity contribution in [2.45, 2.75) is 59.0 Å². The Labute approximate surface area is 97.9 Å². The second-order valence-corrected chi connectivity index (χ2v) is 5.55. The Bertz CT molecular complexity index is 280. The largest absolute Gasteiger partial charge is 0.307 e. The van der Waals surface area contributed by atoms with Gasteiger partial charge in [-0.1, -0.05) is 20.3 Å². The van der Waals surface area contributed by atoms with E-state index in [2.05, 4.69) is 45.1 Å². The molecule has 0 radical (unpaired) electrons. The molecule has 0 saturated carbocycles. The van der Waals surface area contributed by atoms with Gasteiger partial charge in [0, 0.05) is 21.8 Å². The fraction of sp³-hybridized carbons (Fsp3) is 0.692. The van der Waals surface area contributed by atoms with Crippen LogP contribution in [0.3, 0.4) is 0 Å². The van der Waals surface area contributed by atoms with Crippen molar-refractivity contribution < 1.29 is 0 Å². The van der Waals surface area contributed by atoms with E-state index in [1.807, 2.05) is 11.3 Å². The van der Waals surface area contributed by atoms with E-state index < -0.39 is 0 Å². The molecular formula is C13H23NS. The monoisotopic (exact) mass is 225 g/mol. The van der Waals surface area contributed by atoms with Crippen molar-refractivity contribution in [3.63, 3.8) is 0 Å². The summed E-state index contributed by atoms with van der Waals surface area (Å²) in [6.07, 6.45) is 3.77. The fourth-order valence-corrected chi connectivity index (χ4v) is 2.76. The molecule has 86 valence electrons. The highest BCUT2D eigenvalue weighted by molar-refractivity contribution is 7.12. The van der Waals surface area contributed by atoms with Crippen molar-refractivity contribution in [1.29, 1.82) is 0 Å². The molecule has 0 aromatic carbocycles. The van der Waals surface area contributed by atoms with Crippen LogP contribution in [0.4, 0.5) is 0 Å². The zero-order chi connectivity index (χ0) is 11.3. The summed E-state index contributed by atoms with van der Waals surface area (Å²) in [5.41, 5.74) is 0. The molecule has 0 fully saturated rings. The van der Waals surface area contributed by atoms with Crippen LogP contribution in [0.1, 0.15) is 55.8 Å². The molecule has 2 atom stereocenters. The predicted octanol–water partition coefficient (Wildman–Crippen LogP) is 4.29. The van der Waals surface area contributed by atoms with Crippen LogP contribution in [0.15, 0.2) is 12.1 Å². The summed E-state index contributed by atoms with van der Waals surface area (Å²) in [5.74, 6) is 0. The lowest BCUT2D eigenvalue weighted by Gasteiger charge is -2.21. The summed E-state index contributed by atoms with van der Waals surface area (Å²) in [4.78, 5) is 2.87. The van der Waals surface area contributed by atoms with Crippen LogP contribution < -0.4 is 5.32 Å². The van der Waals surface area contributed by atoms with Crippen molar-refractivity contribution in [2.75, 3.05) is 0 Å². The zero-order valence-corrected chi connectivity index (χ0v) is 11.2. The van der Waals surface area contributed by atoms with Gasteiger partial charge in [0.1, 0.15) is 0 Å². The van der Waals surface area contributed by atoms with Gasteiger partial charge in [0.2, 0.25) is 0 Å². The average molecular weight is 225 g/mol. The van der Waals surface area contributed by atoms with Crippen LogP contribution in [0.5, 0.6) is 0 Å². The third-order valence-corrected chi connectivity index (χ3v) is 3.99. The average Bonchev–Trinajstić information content (AvgIpc) is 2.64. The van der Waals surface area contributed by atoms with E-state index in [9.17, 15) is 0 Å². The highest BCUT2D eigenvalue weighted by Gasteiger charge is 2.12. The Morgan fingerprint density at radius 2 is 2.07 bits per heavy atom. The van der Waals surface area contributed by atoms with Crippen LogP contribution in [-0.2, 0) is 0 Å². The molecule has 0 spiro atoms. The first kappa shape index (κ1) is 12.7. The van der Waals surface area contributed by atoms with Gasteiger partial charge < -0.3 is 5.32 Å². The predicted molar refractivity (Wildman–Crippen MR) is 69.6 cm³/mol. The molecule has 1 aromatic heterocycles. The zero-order valence-electron chi connectivity index (χ0n) is 10.3. The molecule has 15 heavy (non-hydrogen) atoms. The van der Waals surface area contributed by atoms with Crippen LogP contribution in [0.25, 0.3) is 0 Å². The molecule has 0 amide bonds. The second kappa shape index (κ2) is 6.29. The Morgan fingerprint density at radius 3 is 2.53 bits per heavy atom. The summed E-state index contributed by atoms with van der Waals surface area (Å²) >= 11 is 1.90. The highest BCUT2D eigenvalue weighted by Crippen LogP contribution is 2.23. The number of aryl methyl sites for hydroxylation is 1. The maximum Gasteiger partial charge on any atom is 0.0388 e. The Morgan fingerprint density at radius 1 is 1.33 bits per heavy atom. The smallest absolute Gasteiger partial charge is 0.0388 e. The van der Waals surface area contributed by atoms with Crippen molar-refractivity contribution in [3.05, 3.63) is 21.9 Å². The van der Waals surface area contributed by atoms with E-state index in [0.29, 0.717) is 12.1 Å². The van der Waals surface area contributed by atoms with Crippen molar-refractivity contribution in [1.82, 2.24) is 5.32 Å². The minimum Gasteiger partial charge on any atom is -0.307 e. The van der Waals surface area contributed by atoms with Gasteiger partial charge in [0.15, 0.2) is 0 Å².